The van der Waals surface area contributed by atoms with Gasteiger partial charge < -0.3 is 4.90 Å². The van der Waals surface area contributed by atoms with Crippen LogP contribution in [0.2, 0.25) is 0 Å². The molecule has 1 saturated carbocycles. The third-order valence-corrected chi connectivity index (χ3v) is 5.38. The van der Waals surface area contributed by atoms with Crippen LogP contribution >= 0.6 is 0 Å². The zero-order valence-corrected chi connectivity index (χ0v) is 16.8. The first kappa shape index (κ1) is 20.4. The summed E-state index contributed by atoms with van der Waals surface area (Å²) in [4.78, 5) is 14.5. The van der Waals surface area contributed by atoms with Crippen molar-refractivity contribution in [2.45, 2.75) is 71.8 Å². The Morgan fingerprint density at radius 1 is 1.32 bits per heavy atom. The highest BCUT2D eigenvalue weighted by atomic mass is 19.4. The lowest BCUT2D eigenvalue weighted by Gasteiger charge is -2.23. The van der Waals surface area contributed by atoms with Gasteiger partial charge in [-0.15, -0.1) is 0 Å². The van der Waals surface area contributed by atoms with E-state index in [4.69, 9.17) is 0 Å². The highest BCUT2D eigenvalue weighted by Gasteiger charge is 2.39. The average Bonchev–Trinajstić information content (AvgIpc) is 3.31. The molecule has 0 radical (unpaired) electrons. The number of alkyl halides is 3. The molecule has 154 valence electrons. The topological polar surface area (TPSA) is 56.0 Å². The average molecular weight is 397 g/mol. The quantitative estimate of drug-likeness (QED) is 0.744. The molecule has 6 nitrogen and oxygen atoms in total. The number of hydrogen-bond acceptors (Lipinski definition) is 3. The van der Waals surface area contributed by atoms with Crippen LogP contribution in [0.5, 0.6) is 0 Å². The molecular formula is C19H26F3N5O. The molecule has 0 N–H and O–H groups in total. The minimum absolute atomic E-state index is 0.0523. The fourth-order valence-electron chi connectivity index (χ4n) is 3.55. The molecule has 0 aliphatic heterocycles. The molecule has 2 aromatic rings. The van der Waals surface area contributed by atoms with Gasteiger partial charge in [-0.1, -0.05) is 0 Å². The van der Waals surface area contributed by atoms with E-state index in [2.05, 4.69) is 10.2 Å². The standard InChI is InChI=1S/C19H26F3N5O/c1-6-26-12(3)15(11(2)23-26)10-25(5)18(28)13(4)27-16(14-7-8-14)9-17(24-27)19(20,21)22/h9,13-14H,6-8,10H2,1-5H3. The van der Waals surface area contributed by atoms with Crippen LogP contribution in [0, 0.1) is 13.8 Å². The Bertz CT molecular complexity index is 879. The predicted octanol–water partition coefficient (Wildman–Crippen LogP) is 3.83. The van der Waals surface area contributed by atoms with Gasteiger partial charge in [0.25, 0.3) is 0 Å². The van der Waals surface area contributed by atoms with Gasteiger partial charge in [0, 0.05) is 43.0 Å². The summed E-state index contributed by atoms with van der Waals surface area (Å²) in [6, 6.07) is 0.277. The van der Waals surface area contributed by atoms with E-state index < -0.39 is 17.9 Å². The molecule has 0 aromatic carbocycles. The summed E-state index contributed by atoms with van der Waals surface area (Å²) >= 11 is 0. The van der Waals surface area contributed by atoms with Crippen molar-refractivity contribution in [3.63, 3.8) is 0 Å². The van der Waals surface area contributed by atoms with E-state index in [1.807, 2.05) is 25.5 Å². The molecule has 1 atom stereocenters. The number of amides is 1. The van der Waals surface area contributed by atoms with Crippen LogP contribution in [0.1, 0.15) is 67.0 Å². The Labute approximate surface area is 162 Å². The number of aromatic nitrogens is 4. The lowest BCUT2D eigenvalue weighted by molar-refractivity contribution is -0.142. The number of carbonyl (C=O) groups is 1. The van der Waals surface area contributed by atoms with Crippen LogP contribution in [0.25, 0.3) is 0 Å². The number of carbonyl (C=O) groups excluding carboxylic acids is 1. The summed E-state index contributed by atoms with van der Waals surface area (Å²) in [5.41, 5.74) is 2.36. The number of rotatable bonds is 6. The first-order valence-electron chi connectivity index (χ1n) is 9.49. The van der Waals surface area contributed by atoms with E-state index in [0.717, 1.165) is 42.4 Å². The van der Waals surface area contributed by atoms with Crippen LogP contribution in [-0.4, -0.2) is 37.4 Å². The van der Waals surface area contributed by atoms with Gasteiger partial charge in [0.2, 0.25) is 5.91 Å². The molecule has 0 bridgehead atoms. The van der Waals surface area contributed by atoms with Crippen LogP contribution in [0.3, 0.4) is 0 Å². The SMILES string of the molecule is CCn1nc(C)c(CN(C)C(=O)C(C)n2nc(C(F)(F)F)cc2C2CC2)c1C. The first-order chi connectivity index (χ1) is 13.0. The van der Waals surface area contributed by atoms with Gasteiger partial charge in [0.1, 0.15) is 6.04 Å². The fraction of sp³-hybridized carbons (Fsp3) is 0.632. The maximum Gasteiger partial charge on any atom is 0.435 e. The van der Waals surface area contributed by atoms with Crippen molar-refractivity contribution in [3.8, 4) is 0 Å². The van der Waals surface area contributed by atoms with Gasteiger partial charge in [-0.25, -0.2) is 0 Å². The molecule has 1 aliphatic carbocycles. The van der Waals surface area contributed by atoms with Crippen molar-refractivity contribution in [2.24, 2.45) is 0 Å². The minimum atomic E-state index is -4.52. The van der Waals surface area contributed by atoms with Crippen LogP contribution in [0.15, 0.2) is 6.07 Å². The minimum Gasteiger partial charge on any atom is -0.339 e. The largest absolute Gasteiger partial charge is 0.435 e. The van der Waals surface area contributed by atoms with Crippen LogP contribution in [-0.2, 0) is 24.1 Å². The maximum absolute atomic E-state index is 13.1. The molecule has 0 saturated heterocycles. The Kier molecular flexibility index (Phi) is 5.29. The Morgan fingerprint density at radius 3 is 2.46 bits per heavy atom. The number of nitrogens with zero attached hydrogens (tertiary/aromatic N) is 5. The predicted molar refractivity (Wildman–Crippen MR) is 97.8 cm³/mol. The number of hydrogen-bond donors (Lipinski definition) is 0. The van der Waals surface area contributed by atoms with Gasteiger partial charge in [0.05, 0.1) is 5.69 Å². The van der Waals surface area contributed by atoms with Gasteiger partial charge in [-0.3, -0.25) is 14.2 Å². The highest BCUT2D eigenvalue weighted by Crippen LogP contribution is 2.43. The van der Waals surface area contributed by atoms with Crippen molar-refractivity contribution >= 4 is 5.91 Å². The molecule has 1 amide bonds. The Morgan fingerprint density at radius 2 is 1.96 bits per heavy atom. The van der Waals surface area contributed by atoms with Crippen molar-refractivity contribution in [1.82, 2.24) is 24.5 Å². The zero-order chi connectivity index (χ0) is 20.8. The van der Waals surface area contributed by atoms with Crippen molar-refractivity contribution in [3.05, 3.63) is 34.4 Å². The molecule has 1 fully saturated rings. The van der Waals surface area contributed by atoms with E-state index in [9.17, 15) is 18.0 Å². The number of halogens is 3. The maximum atomic E-state index is 13.1. The summed E-state index contributed by atoms with van der Waals surface area (Å²) in [6.07, 6.45) is -2.87. The summed E-state index contributed by atoms with van der Waals surface area (Å²) in [7, 11) is 1.66. The molecule has 0 spiro atoms. The number of aryl methyl sites for hydroxylation is 2. The summed E-state index contributed by atoms with van der Waals surface area (Å²) < 4.78 is 42.5. The fourth-order valence-corrected chi connectivity index (χ4v) is 3.55. The monoisotopic (exact) mass is 397 g/mol. The molecule has 1 aliphatic rings. The zero-order valence-electron chi connectivity index (χ0n) is 16.8. The smallest absolute Gasteiger partial charge is 0.339 e. The molecule has 28 heavy (non-hydrogen) atoms. The molecular weight excluding hydrogens is 371 g/mol. The second kappa shape index (κ2) is 7.25. The normalized spacial score (nSPS) is 15.7. The second-order valence-corrected chi connectivity index (χ2v) is 7.51. The van der Waals surface area contributed by atoms with E-state index in [-0.39, 0.29) is 11.8 Å². The Hall–Kier alpha value is -2.32. The molecule has 2 heterocycles. The van der Waals surface area contributed by atoms with E-state index in [1.165, 1.54) is 9.58 Å². The lowest BCUT2D eigenvalue weighted by Crippen LogP contribution is -2.34. The molecule has 9 heteroatoms. The summed E-state index contributed by atoms with van der Waals surface area (Å²) in [5.74, 6) is -0.224. The number of likely N-dealkylation sites (N-methyl/N-ethyl adjacent to an activating group) is 1. The van der Waals surface area contributed by atoms with Crippen molar-refractivity contribution in [2.75, 3.05) is 7.05 Å². The van der Waals surface area contributed by atoms with Crippen LogP contribution < -0.4 is 0 Å². The van der Waals surface area contributed by atoms with Crippen molar-refractivity contribution < 1.29 is 18.0 Å². The molecule has 1 unspecified atom stereocenters. The van der Waals surface area contributed by atoms with Gasteiger partial charge in [-0.2, -0.15) is 23.4 Å². The Balaban J connectivity index is 1.83. The highest BCUT2D eigenvalue weighted by molar-refractivity contribution is 5.80. The van der Waals surface area contributed by atoms with E-state index >= 15 is 0 Å². The van der Waals surface area contributed by atoms with Crippen molar-refractivity contribution in [1.29, 1.82) is 0 Å². The summed E-state index contributed by atoms with van der Waals surface area (Å²) in [5, 5.41) is 8.19. The van der Waals surface area contributed by atoms with Crippen LogP contribution in [0.4, 0.5) is 13.2 Å². The van der Waals surface area contributed by atoms with E-state index in [0.29, 0.717) is 12.2 Å². The first-order valence-corrected chi connectivity index (χ1v) is 9.49. The third-order valence-electron chi connectivity index (χ3n) is 5.38. The molecule has 3 rings (SSSR count). The second-order valence-electron chi connectivity index (χ2n) is 7.51. The van der Waals surface area contributed by atoms with E-state index in [1.54, 1.807) is 14.0 Å². The van der Waals surface area contributed by atoms with Gasteiger partial charge in [-0.05, 0) is 46.6 Å². The third kappa shape index (κ3) is 3.79. The molecule has 2 aromatic heterocycles. The van der Waals surface area contributed by atoms with Gasteiger partial charge in [0.15, 0.2) is 5.69 Å². The summed E-state index contributed by atoms with van der Waals surface area (Å²) in [6.45, 7) is 8.54. The van der Waals surface area contributed by atoms with Gasteiger partial charge >= 0.3 is 6.18 Å². The lowest BCUT2D eigenvalue weighted by atomic mass is 10.1.